The molecule has 0 radical (unpaired) electrons. The summed E-state index contributed by atoms with van der Waals surface area (Å²) in [5.41, 5.74) is 31.0. The third kappa shape index (κ3) is 14.4. The van der Waals surface area contributed by atoms with E-state index in [9.17, 15) is 8.22 Å². The summed E-state index contributed by atoms with van der Waals surface area (Å²) in [6.45, 7) is 27.9. The van der Waals surface area contributed by atoms with Crippen LogP contribution in [0.1, 0.15) is 140 Å². The maximum atomic E-state index is 10.2. The largest absolute Gasteiger partial charge is 0.342 e. The van der Waals surface area contributed by atoms with Crippen molar-refractivity contribution in [2.45, 2.75) is 124 Å². The number of benzene rings is 16. The van der Waals surface area contributed by atoms with Crippen molar-refractivity contribution in [3.8, 4) is 50.2 Å². The van der Waals surface area contributed by atoms with Crippen LogP contribution in [0.15, 0.2) is 364 Å². The van der Waals surface area contributed by atoms with E-state index >= 15 is 0 Å². The predicted octanol–water partition coefficient (Wildman–Crippen LogP) is 28.9. The zero-order chi connectivity index (χ0) is 91.3. The van der Waals surface area contributed by atoms with E-state index in [1.54, 1.807) is 4.90 Å². The minimum absolute atomic E-state index is 0.0698. The van der Waals surface area contributed by atoms with Crippen molar-refractivity contribution in [3.63, 3.8) is 0 Å². The van der Waals surface area contributed by atoms with Crippen molar-refractivity contribution in [3.05, 3.63) is 408 Å². The van der Waals surface area contributed by atoms with Crippen LogP contribution in [0.4, 0.5) is 45.5 Å². The SMILES string of the molecule is [2H]c1c([2H])c([2H])c(N(c2ccccc2)c2ccc3c(c2)c2c([2H])c([2H])c([2H])c([2H])c2n3Cc2cc3c4c(c2)N(c2cc(-c5ccccc5)cc(-c5ccccc5)c2)c2cc(Cc5cc(C(C)(C)C)cc(C(C)(C)C)c5)ccc2B4c2ccc(-n4c5ccc(C(C)(C)C)cc5c5cc(C(C)(C)C)ccc54)cc2N3CCc2cc(-c3ccccc3)cc(-c3ccccc3)c2)c([2H])c1[2H]. The summed E-state index contributed by atoms with van der Waals surface area (Å²) in [6, 6.07) is 109. The molecule has 0 N–H and O–H groups in total. The zero-order valence-corrected chi connectivity index (χ0v) is 71.6. The van der Waals surface area contributed by atoms with Crippen molar-refractivity contribution in [2.24, 2.45) is 0 Å². The summed E-state index contributed by atoms with van der Waals surface area (Å²) in [5, 5.41) is 3.15. The Bertz CT molecular complexity index is 7380. The predicted molar refractivity (Wildman–Crippen MR) is 523 cm³/mol. The highest BCUT2D eigenvalue weighted by atomic mass is 15.2. The van der Waals surface area contributed by atoms with Gasteiger partial charge in [0, 0.05) is 96.9 Å². The molecule has 2 aromatic heterocycles. The van der Waals surface area contributed by atoms with Crippen LogP contribution in [0.2, 0.25) is 0 Å². The Morgan fingerprint density at radius 2 is 0.787 bits per heavy atom. The second-order valence-corrected chi connectivity index (χ2v) is 37.6. The van der Waals surface area contributed by atoms with Crippen LogP contribution in [-0.2, 0) is 41.0 Å². The summed E-state index contributed by atoms with van der Waals surface area (Å²) in [7, 11) is 0. The lowest BCUT2D eigenvalue weighted by atomic mass is 9.33. The first-order chi connectivity index (χ1) is 62.7. The van der Waals surface area contributed by atoms with Crippen LogP contribution in [0.25, 0.3) is 93.8 Å². The number of fused-ring (bicyclic) bond motifs is 10. The van der Waals surface area contributed by atoms with Gasteiger partial charge in [0.2, 0.25) is 0 Å². The topological polar surface area (TPSA) is 19.6 Å². The average Bonchev–Trinajstić information content (AvgIpc) is 1.14. The molecule has 2 aliphatic rings. The Hall–Kier alpha value is -13.4. The Balaban J connectivity index is 0.893. The van der Waals surface area contributed by atoms with Gasteiger partial charge in [0.1, 0.15) is 0 Å². The molecule has 6 heteroatoms. The van der Waals surface area contributed by atoms with Gasteiger partial charge in [-0.25, -0.2) is 0 Å². The molecule has 0 unspecified atom stereocenters. The number of rotatable bonds is 16. The monoisotopic (exact) mass is 1590 g/mol. The number of nitrogens with zero attached hydrogens (tertiary/aromatic N) is 5. The number of hydrogen-bond donors (Lipinski definition) is 0. The van der Waals surface area contributed by atoms with Gasteiger partial charge >= 0.3 is 0 Å². The smallest absolute Gasteiger partial charge is 0.252 e. The minimum atomic E-state index is -0.521. The van der Waals surface area contributed by atoms with Gasteiger partial charge in [-0.2, -0.15) is 0 Å². The molecule has 596 valence electrons. The second-order valence-electron chi connectivity index (χ2n) is 37.6. The van der Waals surface area contributed by atoms with Crippen molar-refractivity contribution in [1.82, 2.24) is 9.13 Å². The standard InChI is InChI=1S/C116H104BN5/c1-113(2,3)89-48-54-106-99(72-89)100-73-90(114(4,5)6)49-55-107(100)121(106)96-50-53-102-108(75-96)118(58-57-78-60-85(81-33-19-13-20-34-81)67-86(61-78)82-35-21-14-22-36-82)110-65-80(76-119-104-46-32-31-45-98(104)101-74-95(51-56-105(101)119)120(93-41-27-17-28-42-93)94-43-29-18-30-44-94)66-111-112(110)117(102)103-52-47-77(59-79-62-91(115(7,8)9)71-92(63-79)116(10,11)12)64-109(103)122(111)97-69-87(83-37-23-15-24-38-83)68-88(70-97)84-39-25-16-26-40-84/h13-56,60-75H,57-59,76H2,1-12H3/i17D,27D,28D,31D,32D,41D,42D,45D,46D. The lowest BCUT2D eigenvalue weighted by Gasteiger charge is -2.45. The molecule has 0 saturated carbocycles. The number of hydrogen-bond acceptors (Lipinski definition) is 3. The molecule has 0 bridgehead atoms. The number of anilines is 8. The Morgan fingerprint density at radius 1 is 0.303 bits per heavy atom. The molecular formula is C116H104BN5. The molecule has 5 nitrogen and oxygen atoms in total. The zero-order valence-electron chi connectivity index (χ0n) is 80.6. The van der Waals surface area contributed by atoms with Crippen LogP contribution in [0.3, 0.4) is 0 Å². The van der Waals surface area contributed by atoms with Gasteiger partial charge in [0.05, 0.1) is 23.4 Å². The van der Waals surface area contributed by atoms with Crippen LogP contribution in [0.5, 0.6) is 0 Å². The summed E-state index contributed by atoms with van der Waals surface area (Å²) in [5.74, 6) is 0. The maximum Gasteiger partial charge on any atom is 0.252 e. The molecule has 0 saturated heterocycles. The third-order valence-electron chi connectivity index (χ3n) is 25.2. The number of aromatic nitrogens is 2. The van der Waals surface area contributed by atoms with Gasteiger partial charge in [0.25, 0.3) is 6.71 Å². The van der Waals surface area contributed by atoms with Crippen molar-refractivity contribution in [1.29, 1.82) is 0 Å². The van der Waals surface area contributed by atoms with E-state index in [0.29, 0.717) is 41.7 Å². The summed E-state index contributed by atoms with van der Waals surface area (Å²) < 4.78 is 89.6. The van der Waals surface area contributed by atoms with E-state index in [1.807, 2.05) is 53.1 Å². The van der Waals surface area contributed by atoms with E-state index in [2.05, 4.69) is 358 Å². The maximum absolute atomic E-state index is 10.2. The lowest BCUT2D eigenvalue weighted by molar-refractivity contribution is 0.567. The van der Waals surface area contributed by atoms with Crippen LogP contribution in [-0.4, -0.2) is 22.4 Å². The van der Waals surface area contributed by atoms with Crippen molar-refractivity contribution < 1.29 is 12.3 Å². The molecule has 18 aromatic rings. The van der Waals surface area contributed by atoms with Gasteiger partial charge in [-0.15, -0.1) is 0 Å². The normalized spacial score (nSPS) is 13.9. The fourth-order valence-corrected chi connectivity index (χ4v) is 18.8. The van der Waals surface area contributed by atoms with Crippen LogP contribution < -0.4 is 31.1 Å². The van der Waals surface area contributed by atoms with Crippen LogP contribution in [0, 0.1) is 0 Å². The van der Waals surface area contributed by atoms with Crippen molar-refractivity contribution in [2.75, 3.05) is 21.2 Å². The first-order valence-electron chi connectivity index (χ1n) is 47.4. The fourth-order valence-electron chi connectivity index (χ4n) is 18.8. The van der Waals surface area contributed by atoms with Gasteiger partial charge in [-0.1, -0.05) is 320 Å². The van der Waals surface area contributed by atoms with E-state index in [1.165, 1.54) is 38.6 Å². The van der Waals surface area contributed by atoms with E-state index in [4.69, 9.17) is 4.11 Å². The van der Waals surface area contributed by atoms with Gasteiger partial charge < -0.3 is 23.8 Å². The minimum Gasteiger partial charge on any atom is -0.342 e. The Morgan fingerprint density at radius 3 is 1.34 bits per heavy atom. The molecule has 2 aliphatic heterocycles. The highest BCUT2D eigenvalue weighted by Gasteiger charge is 2.44. The molecule has 20 rings (SSSR count). The molecule has 122 heavy (non-hydrogen) atoms. The number of para-hydroxylation sites is 3. The molecule has 0 fully saturated rings. The molecular weight excluding hydrogens is 1470 g/mol. The quantitative estimate of drug-likeness (QED) is 0.0899. The molecule has 0 atom stereocenters. The summed E-state index contributed by atoms with van der Waals surface area (Å²) in [6.07, 6.45) is 1.26. The molecule has 0 spiro atoms. The first-order valence-corrected chi connectivity index (χ1v) is 42.9. The van der Waals surface area contributed by atoms with E-state index in [-0.39, 0.29) is 69.6 Å². The van der Waals surface area contributed by atoms with Gasteiger partial charge in [0.15, 0.2) is 0 Å². The highest BCUT2D eigenvalue weighted by Crippen LogP contribution is 2.49. The Kier molecular flexibility index (Phi) is 16.8. The lowest BCUT2D eigenvalue weighted by Crippen LogP contribution is -2.62. The average molecular weight is 1590 g/mol. The van der Waals surface area contributed by atoms with Crippen LogP contribution >= 0.6 is 0 Å². The van der Waals surface area contributed by atoms with Crippen molar-refractivity contribution >= 4 is 112 Å². The molecule has 0 amide bonds. The molecule has 4 heterocycles. The molecule has 16 aromatic carbocycles. The Labute approximate surface area is 733 Å². The first kappa shape index (κ1) is 67.4. The summed E-state index contributed by atoms with van der Waals surface area (Å²) in [4.78, 5) is 6.79. The highest BCUT2D eigenvalue weighted by molar-refractivity contribution is 7.00. The van der Waals surface area contributed by atoms with Gasteiger partial charge in [-0.3, -0.25) is 0 Å². The molecule has 0 aliphatic carbocycles. The van der Waals surface area contributed by atoms with E-state index in [0.717, 1.165) is 123 Å². The second kappa shape index (κ2) is 30.4. The third-order valence-corrected chi connectivity index (χ3v) is 25.2. The van der Waals surface area contributed by atoms with E-state index < -0.39 is 36.3 Å². The van der Waals surface area contributed by atoms with Gasteiger partial charge in [-0.05, 0) is 267 Å². The summed E-state index contributed by atoms with van der Waals surface area (Å²) >= 11 is 0. The fraction of sp³-hybridized carbons (Fsp3) is 0.172.